The monoisotopic (exact) mass is 246 g/mol. The second-order valence-electron chi connectivity index (χ2n) is 4.25. The molecule has 0 spiro atoms. The van der Waals surface area contributed by atoms with Crippen LogP contribution in [0.25, 0.3) is 0 Å². The van der Waals surface area contributed by atoms with Crippen LogP contribution >= 0.6 is 11.3 Å². The lowest BCUT2D eigenvalue weighted by Gasteiger charge is -2.13. The van der Waals surface area contributed by atoms with Gasteiger partial charge in [0, 0.05) is 32.0 Å². The number of nitrogens with one attached hydrogen (secondary N) is 1. The van der Waals surface area contributed by atoms with Crippen LogP contribution in [-0.4, -0.2) is 20.6 Å². The standard InChI is InChI=1S/C14H18N2S/c1-16(2)14-5-3-13(4-6-14)15-9-7-12-8-10-17-11-12/h3-6,8,10-11,15H,7,9H2,1-2H3. The third-order valence-corrected chi connectivity index (χ3v) is 3.44. The Bertz CT molecular complexity index is 432. The van der Waals surface area contributed by atoms with E-state index in [1.807, 2.05) is 0 Å². The van der Waals surface area contributed by atoms with Crippen LogP contribution < -0.4 is 10.2 Å². The first-order valence-corrected chi connectivity index (χ1v) is 6.72. The Balaban J connectivity index is 1.83. The van der Waals surface area contributed by atoms with Gasteiger partial charge in [-0.3, -0.25) is 0 Å². The molecule has 0 aliphatic heterocycles. The normalized spacial score (nSPS) is 10.2. The Morgan fingerprint density at radius 3 is 2.47 bits per heavy atom. The Morgan fingerprint density at radius 2 is 1.88 bits per heavy atom. The molecule has 2 aromatic rings. The molecule has 2 nitrogen and oxygen atoms in total. The van der Waals surface area contributed by atoms with E-state index in [1.54, 1.807) is 11.3 Å². The number of nitrogens with zero attached hydrogens (tertiary/aromatic N) is 1. The van der Waals surface area contributed by atoms with Crippen LogP contribution in [0.1, 0.15) is 5.56 Å². The number of hydrogen-bond donors (Lipinski definition) is 1. The van der Waals surface area contributed by atoms with E-state index in [1.165, 1.54) is 16.9 Å². The van der Waals surface area contributed by atoms with Crippen molar-refractivity contribution in [2.75, 3.05) is 30.9 Å². The molecule has 1 aromatic heterocycles. The van der Waals surface area contributed by atoms with Gasteiger partial charge in [-0.25, -0.2) is 0 Å². The van der Waals surface area contributed by atoms with Crippen molar-refractivity contribution >= 4 is 22.7 Å². The van der Waals surface area contributed by atoms with E-state index in [9.17, 15) is 0 Å². The molecule has 0 saturated heterocycles. The van der Waals surface area contributed by atoms with E-state index in [-0.39, 0.29) is 0 Å². The summed E-state index contributed by atoms with van der Waals surface area (Å²) in [5.41, 5.74) is 3.83. The van der Waals surface area contributed by atoms with E-state index in [2.05, 4.69) is 65.4 Å². The van der Waals surface area contributed by atoms with Crippen LogP contribution in [0.2, 0.25) is 0 Å². The first-order valence-electron chi connectivity index (χ1n) is 5.78. The lowest BCUT2D eigenvalue weighted by atomic mass is 10.2. The fraction of sp³-hybridized carbons (Fsp3) is 0.286. The molecule has 0 unspecified atom stereocenters. The number of thiophene rings is 1. The molecule has 1 N–H and O–H groups in total. The summed E-state index contributed by atoms with van der Waals surface area (Å²) in [5.74, 6) is 0. The quantitative estimate of drug-likeness (QED) is 0.869. The highest BCUT2D eigenvalue weighted by molar-refractivity contribution is 7.07. The summed E-state index contributed by atoms with van der Waals surface area (Å²) in [7, 11) is 4.11. The van der Waals surface area contributed by atoms with Gasteiger partial charge in [-0.2, -0.15) is 11.3 Å². The zero-order chi connectivity index (χ0) is 12.1. The van der Waals surface area contributed by atoms with E-state index in [4.69, 9.17) is 0 Å². The number of hydrogen-bond acceptors (Lipinski definition) is 3. The summed E-state index contributed by atoms with van der Waals surface area (Å²) < 4.78 is 0. The first-order chi connectivity index (χ1) is 8.25. The van der Waals surface area contributed by atoms with Gasteiger partial charge in [-0.05, 0) is 53.1 Å². The van der Waals surface area contributed by atoms with Crippen LogP contribution in [0.5, 0.6) is 0 Å². The third kappa shape index (κ3) is 3.49. The highest BCUT2D eigenvalue weighted by Crippen LogP contribution is 2.15. The molecular weight excluding hydrogens is 228 g/mol. The molecule has 0 fully saturated rings. The Kier molecular flexibility index (Phi) is 4.04. The van der Waals surface area contributed by atoms with E-state index < -0.39 is 0 Å². The van der Waals surface area contributed by atoms with E-state index in [0.29, 0.717) is 0 Å². The predicted octanol–water partition coefficient (Wildman–Crippen LogP) is 3.47. The predicted molar refractivity (Wildman–Crippen MR) is 77.3 cm³/mol. The van der Waals surface area contributed by atoms with E-state index in [0.717, 1.165) is 13.0 Å². The Hall–Kier alpha value is -1.48. The fourth-order valence-electron chi connectivity index (χ4n) is 1.66. The number of benzene rings is 1. The van der Waals surface area contributed by atoms with Gasteiger partial charge < -0.3 is 10.2 Å². The Morgan fingerprint density at radius 1 is 1.12 bits per heavy atom. The summed E-state index contributed by atoms with van der Waals surface area (Å²) in [4.78, 5) is 2.11. The molecule has 3 heteroatoms. The first kappa shape index (κ1) is 12.0. The summed E-state index contributed by atoms with van der Waals surface area (Å²) >= 11 is 1.76. The number of rotatable bonds is 5. The van der Waals surface area contributed by atoms with Crippen molar-refractivity contribution in [3.05, 3.63) is 46.7 Å². The molecule has 0 aliphatic carbocycles. The lowest BCUT2D eigenvalue weighted by molar-refractivity contribution is 1.03. The van der Waals surface area contributed by atoms with Gasteiger partial charge in [0.05, 0.1) is 0 Å². The maximum Gasteiger partial charge on any atom is 0.0362 e. The zero-order valence-electron chi connectivity index (χ0n) is 10.3. The topological polar surface area (TPSA) is 15.3 Å². The maximum atomic E-state index is 3.44. The fourth-order valence-corrected chi connectivity index (χ4v) is 2.37. The molecule has 1 aromatic carbocycles. The molecule has 17 heavy (non-hydrogen) atoms. The van der Waals surface area contributed by atoms with E-state index >= 15 is 0 Å². The van der Waals surface area contributed by atoms with Gasteiger partial charge in [0.2, 0.25) is 0 Å². The lowest BCUT2D eigenvalue weighted by Crippen LogP contribution is -2.09. The molecule has 0 atom stereocenters. The van der Waals surface area contributed by atoms with Gasteiger partial charge in [-0.15, -0.1) is 0 Å². The van der Waals surface area contributed by atoms with Gasteiger partial charge in [0.15, 0.2) is 0 Å². The second kappa shape index (κ2) is 5.73. The van der Waals surface area contributed by atoms with Crippen molar-refractivity contribution in [1.82, 2.24) is 0 Å². The maximum absolute atomic E-state index is 3.44. The molecule has 0 bridgehead atoms. The minimum atomic E-state index is 0.984. The summed E-state index contributed by atoms with van der Waals surface area (Å²) in [6.45, 7) is 0.984. The van der Waals surface area contributed by atoms with Crippen molar-refractivity contribution in [2.45, 2.75) is 6.42 Å². The summed E-state index contributed by atoms with van der Waals surface area (Å²) in [5, 5.41) is 7.77. The molecular formula is C14H18N2S. The van der Waals surface area contributed by atoms with Crippen LogP contribution in [-0.2, 0) is 6.42 Å². The second-order valence-corrected chi connectivity index (χ2v) is 5.03. The van der Waals surface area contributed by atoms with Crippen molar-refractivity contribution in [1.29, 1.82) is 0 Å². The van der Waals surface area contributed by atoms with Crippen molar-refractivity contribution < 1.29 is 0 Å². The Labute approximate surface area is 107 Å². The van der Waals surface area contributed by atoms with Crippen molar-refractivity contribution in [2.24, 2.45) is 0 Å². The molecule has 0 amide bonds. The van der Waals surface area contributed by atoms with Gasteiger partial charge >= 0.3 is 0 Å². The SMILES string of the molecule is CN(C)c1ccc(NCCc2ccsc2)cc1. The van der Waals surface area contributed by atoms with Crippen LogP contribution in [0.3, 0.4) is 0 Å². The smallest absolute Gasteiger partial charge is 0.0362 e. The van der Waals surface area contributed by atoms with Crippen LogP contribution in [0.4, 0.5) is 11.4 Å². The molecule has 0 saturated carbocycles. The molecule has 1 heterocycles. The third-order valence-electron chi connectivity index (χ3n) is 2.71. The number of anilines is 2. The minimum absolute atomic E-state index is 0.984. The summed E-state index contributed by atoms with van der Waals surface area (Å²) in [6, 6.07) is 10.7. The van der Waals surface area contributed by atoms with Crippen molar-refractivity contribution in [3.8, 4) is 0 Å². The average Bonchev–Trinajstić information content (AvgIpc) is 2.83. The largest absolute Gasteiger partial charge is 0.385 e. The van der Waals surface area contributed by atoms with Gasteiger partial charge in [-0.1, -0.05) is 0 Å². The molecule has 2 rings (SSSR count). The minimum Gasteiger partial charge on any atom is -0.385 e. The highest BCUT2D eigenvalue weighted by atomic mass is 32.1. The van der Waals surface area contributed by atoms with Crippen LogP contribution in [0, 0.1) is 0 Å². The van der Waals surface area contributed by atoms with Gasteiger partial charge in [0.25, 0.3) is 0 Å². The molecule has 0 aliphatic rings. The highest BCUT2D eigenvalue weighted by Gasteiger charge is 1.96. The molecule has 90 valence electrons. The zero-order valence-corrected chi connectivity index (χ0v) is 11.1. The molecule has 0 radical (unpaired) electrons. The van der Waals surface area contributed by atoms with Crippen LogP contribution in [0.15, 0.2) is 41.1 Å². The summed E-state index contributed by atoms with van der Waals surface area (Å²) in [6.07, 6.45) is 1.08. The average molecular weight is 246 g/mol. The van der Waals surface area contributed by atoms with Gasteiger partial charge in [0.1, 0.15) is 0 Å². The van der Waals surface area contributed by atoms with Crippen molar-refractivity contribution in [3.63, 3.8) is 0 Å².